The molecule has 0 aliphatic heterocycles. The second-order valence-electron chi connectivity index (χ2n) is 4.55. The molecule has 1 unspecified atom stereocenters. The Balaban J connectivity index is 3.03. The van der Waals surface area contributed by atoms with Crippen molar-refractivity contribution in [1.29, 1.82) is 0 Å². The molecule has 2 nitrogen and oxygen atoms in total. The van der Waals surface area contributed by atoms with Crippen molar-refractivity contribution in [3.05, 3.63) is 66.8 Å². The van der Waals surface area contributed by atoms with Gasteiger partial charge in [-0.1, -0.05) is 60.7 Å². The normalized spacial score (nSPS) is 14.8. The van der Waals surface area contributed by atoms with Crippen LogP contribution in [0.1, 0.15) is 12.0 Å². The number of hydrogen-bond donors (Lipinski definition) is 0. The lowest BCUT2D eigenvalue weighted by atomic mass is 10.0. The number of halogens is 3. The topological polar surface area (TPSA) is 26.3 Å². The van der Waals surface area contributed by atoms with Crippen LogP contribution in [-0.4, -0.2) is 23.3 Å². The molecule has 0 amide bonds. The van der Waals surface area contributed by atoms with Gasteiger partial charge in [0.2, 0.25) is 0 Å². The van der Waals surface area contributed by atoms with Crippen LogP contribution in [0.15, 0.2) is 61.2 Å². The fourth-order valence-electron chi connectivity index (χ4n) is 1.87. The maximum atomic E-state index is 12.8. The number of methoxy groups -OCH3 is 1. The minimum atomic E-state index is -4.58. The lowest BCUT2D eigenvalue weighted by molar-refractivity contribution is -0.142. The average Bonchev–Trinajstić information content (AvgIpc) is 2.50. The summed E-state index contributed by atoms with van der Waals surface area (Å²) >= 11 is -0.414. The molecule has 1 atom stereocenters. The van der Waals surface area contributed by atoms with Crippen LogP contribution >= 0.6 is 11.8 Å². The maximum absolute atomic E-state index is 12.8. The van der Waals surface area contributed by atoms with E-state index >= 15 is 0 Å². The zero-order valence-corrected chi connectivity index (χ0v) is 13.4. The quantitative estimate of drug-likeness (QED) is 0.396. The molecule has 0 saturated carbocycles. The zero-order chi connectivity index (χ0) is 17.3. The predicted octanol–water partition coefficient (Wildman–Crippen LogP) is 5.00. The van der Waals surface area contributed by atoms with Gasteiger partial charge in [0.15, 0.2) is 0 Å². The number of carbonyl (C=O) groups excluding carboxylic acids is 1. The molecular formula is C17H17F3O2S. The van der Waals surface area contributed by atoms with Gasteiger partial charge in [-0.05, 0) is 23.7 Å². The van der Waals surface area contributed by atoms with Crippen molar-refractivity contribution in [3.8, 4) is 0 Å². The largest absolute Gasteiger partial charge is 0.468 e. The van der Waals surface area contributed by atoms with Gasteiger partial charge < -0.3 is 4.74 Å². The molecule has 0 bridgehead atoms. The number of hydrogen-bond acceptors (Lipinski definition) is 3. The molecule has 0 aliphatic carbocycles. The lowest BCUT2D eigenvalue weighted by Gasteiger charge is -2.26. The third-order valence-electron chi connectivity index (χ3n) is 2.84. The van der Waals surface area contributed by atoms with E-state index in [1.165, 1.54) is 18.2 Å². The number of allylic oxidation sites excluding steroid dienone is 3. The Labute approximate surface area is 137 Å². The third-order valence-corrected chi connectivity index (χ3v) is 3.91. The number of benzene rings is 1. The summed E-state index contributed by atoms with van der Waals surface area (Å²) < 4.78 is 41.1. The van der Waals surface area contributed by atoms with E-state index in [0.717, 1.165) is 12.7 Å². The van der Waals surface area contributed by atoms with Crippen LogP contribution in [0.2, 0.25) is 0 Å². The first-order valence-corrected chi connectivity index (χ1v) is 7.52. The number of thioether (sulfide) groups is 1. The highest BCUT2D eigenvalue weighted by molar-refractivity contribution is 8.02. The molecule has 1 rings (SSSR count). The summed E-state index contributed by atoms with van der Waals surface area (Å²) in [5, 5.41) is 0. The van der Waals surface area contributed by atoms with Crippen LogP contribution in [0.3, 0.4) is 0 Å². The van der Waals surface area contributed by atoms with Gasteiger partial charge in [-0.3, -0.25) is 4.79 Å². The minimum absolute atomic E-state index is 0.195. The van der Waals surface area contributed by atoms with Gasteiger partial charge in [0, 0.05) is 0 Å². The summed E-state index contributed by atoms with van der Waals surface area (Å²) in [5.74, 6) is -0.968. The molecule has 0 aliphatic rings. The molecule has 0 saturated heterocycles. The summed E-state index contributed by atoms with van der Waals surface area (Å²) in [7, 11) is 1.06. The summed E-state index contributed by atoms with van der Waals surface area (Å²) in [6.07, 6.45) is 6.97. The summed E-state index contributed by atoms with van der Waals surface area (Å²) in [5.41, 5.74) is -3.68. The zero-order valence-electron chi connectivity index (χ0n) is 12.5. The maximum Gasteiger partial charge on any atom is 0.443 e. The second-order valence-corrected chi connectivity index (χ2v) is 5.95. The molecule has 0 radical (unpaired) electrons. The van der Waals surface area contributed by atoms with Crippen LogP contribution < -0.4 is 0 Å². The van der Waals surface area contributed by atoms with Gasteiger partial charge in [-0.15, -0.1) is 6.58 Å². The highest BCUT2D eigenvalue weighted by Gasteiger charge is 2.47. The van der Waals surface area contributed by atoms with Gasteiger partial charge in [-0.25, -0.2) is 0 Å². The number of rotatable bonds is 7. The van der Waals surface area contributed by atoms with E-state index in [1.54, 1.807) is 12.2 Å². The van der Waals surface area contributed by atoms with Gasteiger partial charge in [0.05, 0.1) is 7.11 Å². The fraction of sp³-hybridized carbons (Fsp3) is 0.235. The van der Waals surface area contributed by atoms with Crippen molar-refractivity contribution < 1.29 is 22.7 Å². The third kappa shape index (κ3) is 6.36. The van der Waals surface area contributed by atoms with Crippen molar-refractivity contribution in [1.82, 2.24) is 0 Å². The van der Waals surface area contributed by atoms with E-state index in [4.69, 9.17) is 0 Å². The predicted molar refractivity (Wildman–Crippen MR) is 87.8 cm³/mol. The van der Waals surface area contributed by atoms with Crippen molar-refractivity contribution in [2.75, 3.05) is 7.11 Å². The first-order valence-electron chi connectivity index (χ1n) is 6.70. The number of ether oxygens (including phenoxy) is 1. The summed E-state index contributed by atoms with van der Waals surface area (Å²) in [6, 6.07) is 9.26. The van der Waals surface area contributed by atoms with Gasteiger partial charge >= 0.3 is 11.5 Å². The Bertz CT molecular complexity index is 579. The molecule has 6 heteroatoms. The van der Waals surface area contributed by atoms with E-state index in [0.29, 0.717) is 0 Å². The van der Waals surface area contributed by atoms with E-state index in [2.05, 4.69) is 11.3 Å². The van der Waals surface area contributed by atoms with Crippen molar-refractivity contribution in [3.63, 3.8) is 0 Å². The highest BCUT2D eigenvalue weighted by Crippen LogP contribution is 2.44. The fourth-order valence-corrected chi connectivity index (χ4v) is 2.80. The second kappa shape index (κ2) is 8.62. The van der Waals surface area contributed by atoms with Gasteiger partial charge in [0.25, 0.3) is 0 Å². The molecule has 0 aromatic heterocycles. The molecular weight excluding hydrogens is 325 g/mol. The minimum Gasteiger partial charge on any atom is -0.468 e. The van der Waals surface area contributed by atoms with Crippen molar-refractivity contribution in [2.45, 2.75) is 16.7 Å². The van der Waals surface area contributed by atoms with Gasteiger partial charge in [0.1, 0.15) is 4.75 Å². The first kappa shape index (κ1) is 19.1. The average molecular weight is 342 g/mol. The smallest absolute Gasteiger partial charge is 0.443 e. The Morgan fingerprint density at radius 1 is 1.26 bits per heavy atom. The molecule has 0 heterocycles. The molecule has 23 heavy (non-hydrogen) atoms. The van der Waals surface area contributed by atoms with Crippen LogP contribution in [0, 0.1) is 0 Å². The molecule has 1 aromatic rings. The van der Waals surface area contributed by atoms with Crippen LogP contribution in [-0.2, 0) is 9.53 Å². The number of esters is 1. The van der Waals surface area contributed by atoms with Crippen LogP contribution in [0.25, 0.3) is 6.08 Å². The van der Waals surface area contributed by atoms with Gasteiger partial charge in [-0.2, -0.15) is 13.2 Å². The molecule has 0 spiro atoms. The Morgan fingerprint density at radius 3 is 2.43 bits per heavy atom. The Morgan fingerprint density at radius 2 is 1.91 bits per heavy atom. The lowest BCUT2D eigenvalue weighted by Crippen LogP contribution is -2.36. The monoisotopic (exact) mass is 342 g/mol. The van der Waals surface area contributed by atoms with E-state index in [-0.39, 0.29) is 6.42 Å². The van der Waals surface area contributed by atoms with Crippen molar-refractivity contribution in [2.24, 2.45) is 0 Å². The standard InChI is InChI=1S/C17H17F3O2S/c1-3-12-16(15(21)22-2,23-17(18,19)20)13-8-7-11-14-9-5-4-6-10-14/h3-11,13H,1,12H2,2H3/b11-7+,13-8+. The SMILES string of the molecule is C=CCC(/C=C/C=C/c1ccccc1)(SC(F)(F)F)C(=O)OC. The summed E-state index contributed by atoms with van der Waals surface area (Å²) in [6.45, 7) is 3.43. The molecule has 0 fully saturated rings. The number of carbonyl (C=O) groups is 1. The van der Waals surface area contributed by atoms with Crippen LogP contribution in [0.4, 0.5) is 13.2 Å². The molecule has 124 valence electrons. The number of alkyl halides is 3. The molecule has 1 aromatic carbocycles. The van der Waals surface area contributed by atoms with E-state index in [1.807, 2.05) is 30.3 Å². The highest BCUT2D eigenvalue weighted by atomic mass is 32.2. The van der Waals surface area contributed by atoms with E-state index in [9.17, 15) is 18.0 Å². The van der Waals surface area contributed by atoms with E-state index < -0.39 is 28.0 Å². The van der Waals surface area contributed by atoms with Crippen molar-refractivity contribution >= 4 is 23.8 Å². The Kier molecular flexibility index (Phi) is 7.16. The first-order chi connectivity index (χ1) is 10.8. The molecule has 0 N–H and O–H groups in total. The summed E-state index contributed by atoms with van der Waals surface area (Å²) in [4.78, 5) is 11.9. The Hall–Kier alpha value is -1.95. The van der Waals surface area contributed by atoms with Crippen LogP contribution in [0.5, 0.6) is 0 Å².